The van der Waals surface area contributed by atoms with Crippen LogP contribution in [0.15, 0.2) is 30.3 Å². The molecule has 2 unspecified atom stereocenters. The van der Waals surface area contributed by atoms with Gasteiger partial charge in [0.2, 0.25) is 5.91 Å². The highest BCUT2D eigenvalue weighted by Crippen LogP contribution is 2.20. The summed E-state index contributed by atoms with van der Waals surface area (Å²) in [6, 6.07) is 8.95. The van der Waals surface area contributed by atoms with E-state index in [1.165, 1.54) is 0 Å². The van der Waals surface area contributed by atoms with E-state index >= 15 is 0 Å². The van der Waals surface area contributed by atoms with Crippen molar-refractivity contribution in [1.29, 1.82) is 0 Å². The minimum Gasteiger partial charge on any atom is -0.447 e. The van der Waals surface area contributed by atoms with Crippen molar-refractivity contribution in [3.63, 3.8) is 0 Å². The summed E-state index contributed by atoms with van der Waals surface area (Å²) in [5, 5.41) is 0. The topological polar surface area (TPSA) is 46.6 Å². The van der Waals surface area contributed by atoms with Crippen LogP contribution in [0.4, 0.5) is 4.79 Å². The minimum absolute atomic E-state index is 0.0941. The normalized spacial score (nSPS) is 23.2. The largest absolute Gasteiger partial charge is 0.447 e. The second-order valence-corrected chi connectivity index (χ2v) is 4.59. The van der Waals surface area contributed by atoms with Gasteiger partial charge in [0.1, 0.15) is 6.61 Å². The lowest BCUT2D eigenvalue weighted by molar-refractivity contribution is -0.132. The molecule has 1 saturated heterocycles. The summed E-state index contributed by atoms with van der Waals surface area (Å²) >= 11 is 0. The molecule has 0 aliphatic carbocycles. The predicted molar refractivity (Wildman–Crippen MR) is 71.6 cm³/mol. The molecule has 4 heteroatoms. The highest BCUT2D eigenvalue weighted by molar-refractivity contribution is 5.94. The maximum absolute atomic E-state index is 12.5. The molecule has 0 spiro atoms. The van der Waals surface area contributed by atoms with Crippen LogP contribution >= 0.6 is 0 Å². The number of amides is 2. The fourth-order valence-electron chi connectivity index (χ4n) is 2.11. The Bertz CT molecular complexity index is 545. The Morgan fingerprint density at radius 2 is 2.26 bits per heavy atom. The molecule has 0 N–H and O–H groups in total. The zero-order chi connectivity index (χ0) is 16.3. The van der Waals surface area contributed by atoms with E-state index in [2.05, 4.69) is 0 Å². The number of carbonyl (C=O) groups is 2. The SMILES string of the molecule is [2H]C([2H])([2H])C(CC)C(=O)N1C(=O)OCC1Cc1ccccc1. The molecule has 2 rings (SSSR count). The van der Waals surface area contributed by atoms with E-state index in [1.54, 1.807) is 6.92 Å². The Morgan fingerprint density at radius 3 is 2.89 bits per heavy atom. The molecule has 1 heterocycles. The number of imide groups is 1. The van der Waals surface area contributed by atoms with Gasteiger partial charge < -0.3 is 4.74 Å². The van der Waals surface area contributed by atoms with E-state index in [4.69, 9.17) is 8.85 Å². The summed E-state index contributed by atoms with van der Waals surface area (Å²) in [5.74, 6) is -1.86. The van der Waals surface area contributed by atoms with Crippen molar-refractivity contribution in [3.8, 4) is 0 Å². The molecule has 2 amide bonds. The average Bonchev–Trinajstić information content (AvgIpc) is 2.80. The molecule has 0 radical (unpaired) electrons. The second kappa shape index (κ2) is 5.87. The third-order valence-electron chi connectivity index (χ3n) is 3.22. The summed E-state index contributed by atoms with van der Waals surface area (Å²) < 4.78 is 27.4. The second-order valence-electron chi connectivity index (χ2n) is 4.59. The van der Waals surface area contributed by atoms with E-state index in [0.29, 0.717) is 6.42 Å². The molecule has 2 atom stereocenters. The molecule has 1 aliphatic rings. The number of benzene rings is 1. The van der Waals surface area contributed by atoms with Crippen LogP contribution in [0.25, 0.3) is 0 Å². The number of ether oxygens (including phenoxy) is 1. The summed E-state index contributed by atoms with van der Waals surface area (Å²) in [6.07, 6.45) is -0.152. The molecule has 1 aromatic rings. The molecule has 102 valence electrons. The Kier molecular flexibility index (Phi) is 3.09. The standard InChI is InChI=1S/C15H19NO3/c1-3-11(2)14(17)16-13(10-19-15(16)18)9-12-7-5-4-6-8-12/h4-8,11,13H,3,9-10H2,1-2H3/i2D3. The van der Waals surface area contributed by atoms with E-state index in [1.807, 2.05) is 30.3 Å². The quantitative estimate of drug-likeness (QED) is 0.839. The first kappa shape index (κ1) is 10.0. The number of hydrogen-bond acceptors (Lipinski definition) is 3. The lowest BCUT2D eigenvalue weighted by Gasteiger charge is -2.22. The zero-order valence-corrected chi connectivity index (χ0v) is 10.8. The van der Waals surface area contributed by atoms with Crippen LogP contribution in [0.5, 0.6) is 0 Å². The third-order valence-corrected chi connectivity index (χ3v) is 3.22. The maximum Gasteiger partial charge on any atom is 0.416 e. The number of cyclic esters (lactones) is 1. The summed E-state index contributed by atoms with van der Waals surface area (Å²) in [5.41, 5.74) is 0.963. The van der Waals surface area contributed by atoms with Gasteiger partial charge in [-0.2, -0.15) is 0 Å². The molecular formula is C15H19NO3. The first-order valence-electron chi connectivity index (χ1n) is 7.88. The van der Waals surface area contributed by atoms with Gasteiger partial charge in [-0.3, -0.25) is 4.79 Å². The van der Waals surface area contributed by atoms with Crippen LogP contribution in [0, 0.1) is 5.92 Å². The molecule has 19 heavy (non-hydrogen) atoms. The molecule has 0 bridgehead atoms. The number of nitrogens with zero attached hydrogens (tertiary/aromatic N) is 1. The Balaban J connectivity index is 2.19. The first-order valence-corrected chi connectivity index (χ1v) is 6.38. The number of hydrogen-bond donors (Lipinski definition) is 0. The van der Waals surface area contributed by atoms with E-state index in [9.17, 15) is 9.59 Å². The summed E-state index contributed by atoms with van der Waals surface area (Å²) in [7, 11) is 0. The van der Waals surface area contributed by atoms with Gasteiger partial charge in [-0.25, -0.2) is 9.69 Å². The van der Waals surface area contributed by atoms with Crippen molar-refractivity contribution in [1.82, 2.24) is 4.90 Å². The predicted octanol–water partition coefficient (Wildman–Crippen LogP) is 2.62. The minimum atomic E-state index is -2.42. The Morgan fingerprint density at radius 1 is 1.53 bits per heavy atom. The van der Waals surface area contributed by atoms with Crippen molar-refractivity contribution in [2.24, 2.45) is 5.92 Å². The lowest BCUT2D eigenvalue weighted by atomic mass is 10.0. The van der Waals surface area contributed by atoms with Crippen LogP contribution in [0.3, 0.4) is 0 Å². The van der Waals surface area contributed by atoms with Gasteiger partial charge in [-0.15, -0.1) is 0 Å². The third kappa shape index (κ3) is 2.95. The van der Waals surface area contributed by atoms with Gasteiger partial charge in [-0.1, -0.05) is 44.1 Å². The molecule has 1 aromatic carbocycles. The van der Waals surface area contributed by atoms with Crippen molar-refractivity contribution >= 4 is 12.0 Å². The van der Waals surface area contributed by atoms with Gasteiger partial charge in [0.15, 0.2) is 0 Å². The lowest BCUT2D eigenvalue weighted by Crippen LogP contribution is -2.42. The van der Waals surface area contributed by atoms with Gasteiger partial charge in [-0.05, 0) is 18.4 Å². The zero-order valence-electron chi connectivity index (χ0n) is 13.8. The van der Waals surface area contributed by atoms with Crippen molar-refractivity contribution in [3.05, 3.63) is 35.9 Å². The Hall–Kier alpha value is -1.84. The van der Waals surface area contributed by atoms with Crippen molar-refractivity contribution < 1.29 is 18.4 Å². The molecule has 4 nitrogen and oxygen atoms in total. The monoisotopic (exact) mass is 264 g/mol. The van der Waals surface area contributed by atoms with Gasteiger partial charge in [0.05, 0.1) is 6.04 Å². The fourth-order valence-corrected chi connectivity index (χ4v) is 2.11. The van der Waals surface area contributed by atoms with Crippen molar-refractivity contribution in [2.75, 3.05) is 6.61 Å². The van der Waals surface area contributed by atoms with E-state index in [0.717, 1.165) is 10.5 Å². The number of carbonyl (C=O) groups excluding carboxylic acids is 2. The molecule has 1 aliphatic heterocycles. The fraction of sp³-hybridized carbons (Fsp3) is 0.467. The van der Waals surface area contributed by atoms with Crippen LogP contribution in [0.2, 0.25) is 0 Å². The Labute approximate surface area is 117 Å². The molecule has 0 aromatic heterocycles. The van der Waals surface area contributed by atoms with Gasteiger partial charge in [0.25, 0.3) is 0 Å². The van der Waals surface area contributed by atoms with E-state index < -0.39 is 30.8 Å². The highest BCUT2D eigenvalue weighted by atomic mass is 16.6. The van der Waals surface area contributed by atoms with Crippen LogP contribution in [0.1, 0.15) is 29.9 Å². The average molecular weight is 264 g/mol. The van der Waals surface area contributed by atoms with Crippen LogP contribution in [-0.4, -0.2) is 29.5 Å². The summed E-state index contributed by atoms with van der Waals surface area (Å²) in [6.45, 7) is -0.703. The maximum atomic E-state index is 12.5. The molecule has 0 saturated carbocycles. The highest BCUT2D eigenvalue weighted by Gasteiger charge is 2.39. The summed E-state index contributed by atoms with van der Waals surface area (Å²) in [4.78, 5) is 25.3. The first-order chi connectivity index (χ1) is 10.3. The van der Waals surface area contributed by atoms with Gasteiger partial charge in [0, 0.05) is 10.0 Å². The molecule has 1 fully saturated rings. The van der Waals surface area contributed by atoms with Crippen molar-refractivity contribution in [2.45, 2.75) is 32.7 Å². The van der Waals surface area contributed by atoms with Crippen LogP contribution in [-0.2, 0) is 16.0 Å². The van der Waals surface area contributed by atoms with Crippen LogP contribution < -0.4 is 0 Å². The molecular weight excluding hydrogens is 242 g/mol. The van der Waals surface area contributed by atoms with Gasteiger partial charge >= 0.3 is 6.09 Å². The smallest absolute Gasteiger partial charge is 0.416 e. The number of rotatable bonds is 4. The van der Waals surface area contributed by atoms with E-state index in [-0.39, 0.29) is 13.0 Å².